The number of esters is 1. The van der Waals surface area contributed by atoms with Gasteiger partial charge in [0.1, 0.15) is 67.1 Å². The third-order valence-electron chi connectivity index (χ3n) is 19.2. The Hall–Kier alpha value is -1.92. The van der Waals surface area contributed by atoms with Crippen molar-refractivity contribution in [3.05, 3.63) is 11.6 Å². The first-order valence-electron chi connectivity index (χ1n) is 24.3. The maximum Gasteiger partial charge on any atom is 0.335 e. The number of hydrogen-bond donors (Lipinski definition) is 11. The SMILES string of the molecule is CC1(C)C=C2C3CCC4C5(C)CCC(OC6OC(C(=O)O)C(O)C(OC7OC(CO)C(O)C(O)C7O)C6O)C(C)(C)C5CCC4(C)C3(C)CCC2(C(=O)OC2OC(CO)C(O)C(O)C2O)CC1. The zero-order valence-corrected chi connectivity index (χ0v) is 39.7. The molecule has 0 aromatic heterocycles. The first kappa shape index (κ1) is 51.4. The summed E-state index contributed by atoms with van der Waals surface area (Å²) in [7, 11) is 0. The molecule has 7 fully saturated rings. The van der Waals surface area contributed by atoms with Gasteiger partial charge in [0.25, 0.3) is 0 Å². The first-order valence-corrected chi connectivity index (χ1v) is 24.3. The number of aliphatic hydroxyl groups is 10. The molecule has 0 aromatic carbocycles. The van der Waals surface area contributed by atoms with Gasteiger partial charge in [-0.15, -0.1) is 0 Å². The van der Waals surface area contributed by atoms with Gasteiger partial charge < -0.3 is 84.6 Å². The topological polar surface area (TPSA) is 312 Å². The van der Waals surface area contributed by atoms with Crippen LogP contribution in [0.5, 0.6) is 0 Å². The van der Waals surface area contributed by atoms with Crippen molar-refractivity contribution >= 4 is 11.9 Å². The highest BCUT2D eigenvalue weighted by molar-refractivity contribution is 5.82. The Morgan fingerprint density at radius 1 is 0.597 bits per heavy atom. The smallest absolute Gasteiger partial charge is 0.335 e. The van der Waals surface area contributed by atoms with E-state index in [0.29, 0.717) is 19.3 Å². The van der Waals surface area contributed by atoms with Gasteiger partial charge >= 0.3 is 11.9 Å². The summed E-state index contributed by atoms with van der Waals surface area (Å²) in [5, 5.41) is 115. The second-order valence-corrected chi connectivity index (χ2v) is 23.4. The Kier molecular flexibility index (Phi) is 13.8. The Labute approximate surface area is 391 Å². The molecule has 382 valence electrons. The summed E-state index contributed by atoms with van der Waals surface area (Å²) in [5.41, 5.74) is -1.24. The fourth-order valence-electron chi connectivity index (χ4n) is 15.1. The van der Waals surface area contributed by atoms with E-state index in [2.05, 4.69) is 54.5 Å². The minimum absolute atomic E-state index is 0.0397. The van der Waals surface area contributed by atoms with Crippen molar-refractivity contribution < 1.29 is 94.2 Å². The van der Waals surface area contributed by atoms with E-state index >= 15 is 0 Å². The van der Waals surface area contributed by atoms with Crippen molar-refractivity contribution in [2.45, 2.75) is 211 Å². The van der Waals surface area contributed by atoms with E-state index in [4.69, 9.17) is 28.4 Å². The van der Waals surface area contributed by atoms with Gasteiger partial charge in [-0.2, -0.15) is 0 Å². The Bertz CT molecular complexity index is 1870. The average Bonchev–Trinajstić information content (AvgIpc) is 3.26. The van der Waals surface area contributed by atoms with Crippen LogP contribution in [-0.2, 0) is 38.0 Å². The minimum atomic E-state index is -1.97. The van der Waals surface area contributed by atoms with Crippen LogP contribution < -0.4 is 0 Å². The third-order valence-corrected chi connectivity index (χ3v) is 19.2. The maximum atomic E-state index is 14.7. The van der Waals surface area contributed by atoms with Gasteiger partial charge in [-0.3, -0.25) is 4.79 Å². The molecule has 19 heteroatoms. The summed E-state index contributed by atoms with van der Waals surface area (Å²) in [6, 6.07) is 0. The highest BCUT2D eigenvalue weighted by Gasteiger charge is 2.71. The predicted octanol–water partition coefficient (Wildman–Crippen LogP) is 0.233. The molecule has 0 spiro atoms. The molecule has 0 radical (unpaired) electrons. The van der Waals surface area contributed by atoms with Gasteiger partial charge in [-0.05, 0) is 109 Å². The van der Waals surface area contributed by atoms with Crippen LogP contribution in [0.15, 0.2) is 11.6 Å². The summed E-state index contributed by atoms with van der Waals surface area (Å²) in [5.74, 6) is -1.67. The largest absolute Gasteiger partial charge is 0.479 e. The third kappa shape index (κ3) is 8.06. The molecule has 23 atom stereocenters. The molecule has 0 amide bonds. The van der Waals surface area contributed by atoms with Crippen LogP contribution in [0.2, 0.25) is 0 Å². The second kappa shape index (κ2) is 18.0. The molecule has 3 saturated heterocycles. The van der Waals surface area contributed by atoms with Crippen molar-refractivity contribution in [3.63, 3.8) is 0 Å². The predicted molar refractivity (Wildman–Crippen MR) is 231 cm³/mol. The molecule has 0 bridgehead atoms. The standard InChI is InChI=1S/C48H76O19/c1-43(2)14-16-48(42(61)67-40-33(56)31(54)29(52)24(20-50)63-40)17-15-46(6)21(22(48)18-43)8-9-26-45(5)12-11-27(44(3,4)25(45)10-13-47(26,46)7)64-41-35(58)36(34(57)37(66-41)38(59)60)65-39-32(55)30(53)28(51)23(19-49)62-39/h18,21,23-37,39-41,49-58H,8-17,19-20H2,1-7H3,(H,59,60). The molecule has 3 aliphatic heterocycles. The molecule has 8 aliphatic rings. The lowest BCUT2D eigenvalue weighted by molar-refractivity contribution is -0.365. The highest BCUT2D eigenvalue weighted by Crippen LogP contribution is 2.76. The van der Waals surface area contributed by atoms with Gasteiger partial charge in [0, 0.05) is 0 Å². The van der Waals surface area contributed by atoms with Crippen LogP contribution in [0.1, 0.15) is 113 Å². The van der Waals surface area contributed by atoms with Crippen LogP contribution in [-0.4, -0.2) is 180 Å². The van der Waals surface area contributed by atoms with Crippen LogP contribution in [0.25, 0.3) is 0 Å². The number of hydrogen-bond acceptors (Lipinski definition) is 18. The fourth-order valence-corrected chi connectivity index (χ4v) is 15.1. The molecule has 19 nitrogen and oxygen atoms in total. The lowest BCUT2D eigenvalue weighted by atomic mass is 9.32. The zero-order valence-electron chi connectivity index (χ0n) is 39.7. The molecule has 0 aromatic rings. The number of carboxylic acids is 1. The number of aliphatic carboxylic acids is 1. The van der Waals surface area contributed by atoms with Crippen LogP contribution in [0.4, 0.5) is 0 Å². The summed E-state index contributed by atoms with van der Waals surface area (Å²) >= 11 is 0. The molecule has 5 aliphatic carbocycles. The maximum absolute atomic E-state index is 14.7. The lowest BCUT2D eigenvalue weighted by Gasteiger charge is -2.72. The summed E-state index contributed by atoms with van der Waals surface area (Å²) in [6.07, 6.45) is -16.3. The van der Waals surface area contributed by atoms with E-state index in [0.717, 1.165) is 50.5 Å². The first-order chi connectivity index (χ1) is 31.2. The number of carboxylic acid groups (broad SMARTS) is 1. The van der Waals surface area contributed by atoms with E-state index in [-0.39, 0.29) is 39.4 Å². The normalized spacial score (nSPS) is 52.6. The molecular weight excluding hydrogens is 881 g/mol. The average molecular weight is 957 g/mol. The number of carbonyl (C=O) groups excluding carboxylic acids is 1. The van der Waals surface area contributed by atoms with E-state index in [1.807, 2.05) is 0 Å². The number of allylic oxidation sites excluding steroid dienone is 1. The zero-order chi connectivity index (χ0) is 49.1. The molecule has 4 saturated carbocycles. The monoisotopic (exact) mass is 956 g/mol. The molecule has 11 N–H and O–H groups in total. The Morgan fingerprint density at radius 2 is 1.18 bits per heavy atom. The number of ether oxygens (including phenoxy) is 6. The number of aliphatic hydroxyl groups excluding tert-OH is 10. The molecule has 67 heavy (non-hydrogen) atoms. The summed E-state index contributed by atoms with van der Waals surface area (Å²) < 4.78 is 35.2. The molecule has 23 unspecified atom stereocenters. The van der Waals surface area contributed by atoms with Crippen molar-refractivity contribution in [1.82, 2.24) is 0 Å². The quantitative estimate of drug-likeness (QED) is 0.0838. The van der Waals surface area contributed by atoms with Gasteiger partial charge in [-0.25, -0.2) is 4.79 Å². The van der Waals surface area contributed by atoms with Gasteiger partial charge in [0.05, 0.1) is 24.7 Å². The summed E-state index contributed by atoms with van der Waals surface area (Å²) in [6.45, 7) is 14.4. The number of fused-ring (bicyclic) bond motifs is 7. The van der Waals surface area contributed by atoms with Crippen molar-refractivity contribution in [2.24, 2.45) is 50.2 Å². The van der Waals surface area contributed by atoms with Gasteiger partial charge in [0.2, 0.25) is 6.29 Å². The van der Waals surface area contributed by atoms with E-state index in [9.17, 15) is 65.8 Å². The van der Waals surface area contributed by atoms with Gasteiger partial charge in [0.15, 0.2) is 18.7 Å². The minimum Gasteiger partial charge on any atom is -0.479 e. The van der Waals surface area contributed by atoms with Gasteiger partial charge in [-0.1, -0.05) is 60.1 Å². The highest BCUT2D eigenvalue weighted by atomic mass is 16.7. The second-order valence-electron chi connectivity index (χ2n) is 23.4. The van der Waals surface area contributed by atoms with Crippen LogP contribution in [0.3, 0.4) is 0 Å². The number of carbonyl (C=O) groups is 2. The Balaban J connectivity index is 1.01. The van der Waals surface area contributed by atoms with Crippen molar-refractivity contribution in [2.75, 3.05) is 13.2 Å². The molecule has 8 rings (SSSR count). The summed E-state index contributed by atoms with van der Waals surface area (Å²) in [4.78, 5) is 27.1. The van der Waals surface area contributed by atoms with E-state index in [1.54, 1.807) is 0 Å². The molecular formula is C48H76O19. The lowest BCUT2D eigenvalue weighted by Crippen LogP contribution is -2.67. The van der Waals surface area contributed by atoms with E-state index in [1.165, 1.54) is 0 Å². The van der Waals surface area contributed by atoms with Crippen molar-refractivity contribution in [3.8, 4) is 0 Å². The molecule has 3 heterocycles. The van der Waals surface area contributed by atoms with Crippen LogP contribution in [0, 0.1) is 50.2 Å². The number of rotatable bonds is 9. The van der Waals surface area contributed by atoms with Crippen LogP contribution >= 0.6 is 0 Å². The van der Waals surface area contributed by atoms with E-state index < -0.39 is 134 Å². The Morgan fingerprint density at radius 3 is 1.79 bits per heavy atom. The van der Waals surface area contributed by atoms with Crippen molar-refractivity contribution in [1.29, 1.82) is 0 Å². The fraction of sp³-hybridized carbons (Fsp3) is 0.917.